The average molecular weight is 401 g/mol. The fourth-order valence-electron chi connectivity index (χ4n) is 3.09. The molecule has 1 aliphatic rings. The number of hydrogen-bond acceptors (Lipinski definition) is 4. The van der Waals surface area contributed by atoms with Crippen LogP contribution >= 0.6 is 0 Å². The molecule has 152 valence electrons. The standard InChI is InChI=1S/C21H21F2N3O3/c1-4-21(22,23)14-8-7-9-15(12-14)24-19(27)18-13(2)25-26(20(18)28)16-10-5-6-11-17(16)29-3/h5-12,18H,4H2,1-3H3,(H,24,27). The van der Waals surface area contributed by atoms with Gasteiger partial charge in [-0.2, -0.15) is 10.1 Å². The zero-order valence-corrected chi connectivity index (χ0v) is 16.3. The molecule has 1 atom stereocenters. The Morgan fingerprint density at radius 1 is 1.24 bits per heavy atom. The summed E-state index contributed by atoms with van der Waals surface area (Å²) in [6.45, 7) is 2.95. The minimum atomic E-state index is -3.00. The molecule has 1 heterocycles. The van der Waals surface area contributed by atoms with Gasteiger partial charge in [-0.15, -0.1) is 0 Å². The maximum Gasteiger partial charge on any atom is 0.273 e. The van der Waals surface area contributed by atoms with Crippen molar-refractivity contribution in [3.05, 3.63) is 54.1 Å². The number of hydrazone groups is 1. The van der Waals surface area contributed by atoms with E-state index in [-0.39, 0.29) is 17.7 Å². The zero-order chi connectivity index (χ0) is 21.2. The molecule has 0 saturated heterocycles. The molecule has 2 aromatic carbocycles. The van der Waals surface area contributed by atoms with E-state index in [9.17, 15) is 18.4 Å². The molecule has 8 heteroatoms. The van der Waals surface area contributed by atoms with Gasteiger partial charge in [0.05, 0.1) is 12.8 Å². The molecule has 0 aromatic heterocycles. The molecule has 0 fully saturated rings. The zero-order valence-electron chi connectivity index (χ0n) is 16.3. The van der Waals surface area contributed by atoms with Crippen LogP contribution in [0.2, 0.25) is 0 Å². The van der Waals surface area contributed by atoms with E-state index >= 15 is 0 Å². The molecule has 1 N–H and O–H groups in total. The average Bonchev–Trinajstić information content (AvgIpc) is 3.02. The minimum Gasteiger partial charge on any atom is -0.494 e. The number of nitrogens with zero attached hydrogens (tertiary/aromatic N) is 2. The van der Waals surface area contributed by atoms with Gasteiger partial charge in [-0.3, -0.25) is 9.59 Å². The fraction of sp³-hybridized carbons (Fsp3) is 0.286. The number of halogens is 2. The third kappa shape index (κ3) is 3.96. The Balaban J connectivity index is 1.82. The van der Waals surface area contributed by atoms with Crippen LogP contribution in [0.3, 0.4) is 0 Å². The van der Waals surface area contributed by atoms with Gasteiger partial charge in [-0.05, 0) is 31.2 Å². The highest BCUT2D eigenvalue weighted by Crippen LogP contribution is 2.34. The molecule has 0 radical (unpaired) electrons. The Bertz CT molecular complexity index is 975. The smallest absolute Gasteiger partial charge is 0.273 e. The SMILES string of the molecule is CCC(F)(F)c1cccc(NC(=O)C2C(=O)N(c3ccccc3OC)N=C2C)c1. The van der Waals surface area contributed by atoms with Crippen molar-refractivity contribution in [2.24, 2.45) is 11.0 Å². The molecule has 0 saturated carbocycles. The highest BCUT2D eigenvalue weighted by atomic mass is 19.3. The van der Waals surface area contributed by atoms with Crippen LogP contribution in [-0.2, 0) is 15.5 Å². The summed E-state index contributed by atoms with van der Waals surface area (Å²) >= 11 is 0. The topological polar surface area (TPSA) is 71.0 Å². The summed E-state index contributed by atoms with van der Waals surface area (Å²) in [5, 5.41) is 7.88. The molecule has 2 amide bonds. The van der Waals surface area contributed by atoms with Crippen molar-refractivity contribution >= 4 is 28.9 Å². The first-order valence-electron chi connectivity index (χ1n) is 9.09. The van der Waals surface area contributed by atoms with Crippen LogP contribution in [-0.4, -0.2) is 24.6 Å². The number of carbonyl (C=O) groups is 2. The number of para-hydroxylation sites is 2. The molecule has 2 aromatic rings. The van der Waals surface area contributed by atoms with Crippen molar-refractivity contribution in [3.8, 4) is 5.75 Å². The quantitative estimate of drug-likeness (QED) is 0.739. The number of carbonyl (C=O) groups excluding carboxylic acids is 2. The third-order valence-corrected chi connectivity index (χ3v) is 4.70. The molecular weight excluding hydrogens is 380 g/mol. The molecule has 0 aliphatic carbocycles. The van der Waals surface area contributed by atoms with Crippen LogP contribution in [0.5, 0.6) is 5.75 Å². The van der Waals surface area contributed by atoms with E-state index in [1.54, 1.807) is 31.2 Å². The highest BCUT2D eigenvalue weighted by Gasteiger charge is 2.40. The lowest BCUT2D eigenvalue weighted by Gasteiger charge is -2.18. The van der Waals surface area contributed by atoms with Crippen molar-refractivity contribution in [1.82, 2.24) is 0 Å². The number of methoxy groups -OCH3 is 1. The largest absolute Gasteiger partial charge is 0.494 e. The van der Waals surface area contributed by atoms with Crippen molar-refractivity contribution in [2.45, 2.75) is 26.2 Å². The lowest BCUT2D eigenvalue weighted by Crippen LogP contribution is -2.36. The Hall–Kier alpha value is -3.29. The second-order valence-electron chi connectivity index (χ2n) is 6.62. The first kappa shape index (κ1) is 20.4. The van der Waals surface area contributed by atoms with E-state index in [4.69, 9.17) is 4.74 Å². The summed E-state index contributed by atoms with van der Waals surface area (Å²) in [7, 11) is 1.47. The monoisotopic (exact) mass is 401 g/mol. The van der Waals surface area contributed by atoms with Crippen LogP contribution in [0.25, 0.3) is 0 Å². The highest BCUT2D eigenvalue weighted by molar-refractivity contribution is 6.28. The van der Waals surface area contributed by atoms with Crippen molar-refractivity contribution in [1.29, 1.82) is 0 Å². The van der Waals surface area contributed by atoms with Gasteiger partial charge in [-0.25, -0.2) is 8.78 Å². The van der Waals surface area contributed by atoms with Crippen molar-refractivity contribution in [2.75, 3.05) is 17.4 Å². The number of anilines is 2. The summed E-state index contributed by atoms with van der Waals surface area (Å²) in [6.07, 6.45) is -0.356. The first-order valence-corrected chi connectivity index (χ1v) is 9.09. The summed E-state index contributed by atoms with van der Waals surface area (Å²) in [5.41, 5.74) is 0.709. The van der Waals surface area contributed by atoms with Gasteiger partial charge in [0, 0.05) is 17.7 Å². The van der Waals surface area contributed by atoms with E-state index < -0.39 is 23.7 Å². The molecule has 6 nitrogen and oxygen atoms in total. The molecule has 29 heavy (non-hydrogen) atoms. The van der Waals surface area contributed by atoms with Crippen LogP contribution in [0.1, 0.15) is 25.8 Å². The predicted octanol–water partition coefficient (Wildman–Crippen LogP) is 4.17. The van der Waals surface area contributed by atoms with Crippen LogP contribution in [0.15, 0.2) is 53.6 Å². The number of ether oxygens (including phenoxy) is 1. The Kier molecular flexibility index (Phi) is 5.63. The van der Waals surface area contributed by atoms with Gasteiger partial charge in [0.25, 0.3) is 11.8 Å². The number of hydrogen-bond donors (Lipinski definition) is 1. The van der Waals surface area contributed by atoms with Crippen LogP contribution < -0.4 is 15.1 Å². The number of nitrogens with one attached hydrogen (secondary N) is 1. The first-order chi connectivity index (χ1) is 13.8. The summed E-state index contributed by atoms with van der Waals surface area (Å²) < 4.78 is 33.1. The lowest BCUT2D eigenvalue weighted by molar-refractivity contribution is -0.127. The van der Waals surface area contributed by atoms with E-state index in [2.05, 4.69) is 10.4 Å². The van der Waals surface area contributed by atoms with Gasteiger partial charge in [0.1, 0.15) is 11.4 Å². The molecule has 3 rings (SSSR count). The second-order valence-corrected chi connectivity index (χ2v) is 6.62. The van der Waals surface area contributed by atoms with Crippen LogP contribution in [0, 0.1) is 5.92 Å². The number of benzene rings is 2. The molecule has 0 spiro atoms. The third-order valence-electron chi connectivity index (χ3n) is 4.70. The maximum absolute atomic E-state index is 13.9. The minimum absolute atomic E-state index is 0.192. The van der Waals surface area contributed by atoms with Gasteiger partial charge in [0.2, 0.25) is 5.91 Å². The van der Waals surface area contributed by atoms with E-state index in [0.717, 1.165) is 5.01 Å². The lowest BCUT2D eigenvalue weighted by atomic mass is 10.0. The molecule has 1 unspecified atom stereocenters. The van der Waals surface area contributed by atoms with Crippen molar-refractivity contribution < 1.29 is 23.1 Å². The van der Waals surface area contributed by atoms with Gasteiger partial charge >= 0.3 is 0 Å². The molecule has 1 aliphatic heterocycles. The van der Waals surface area contributed by atoms with Gasteiger partial charge in [0.15, 0.2) is 5.92 Å². The number of rotatable bonds is 6. The van der Waals surface area contributed by atoms with Gasteiger partial charge < -0.3 is 10.1 Å². The van der Waals surface area contributed by atoms with E-state index in [1.807, 2.05) is 0 Å². The Labute approximate surface area is 167 Å². The van der Waals surface area contributed by atoms with Gasteiger partial charge in [-0.1, -0.05) is 31.2 Å². The predicted molar refractivity (Wildman–Crippen MR) is 106 cm³/mol. The van der Waals surface area contributed by atoms with Crippen LogP contribution in [0.4, 0.5) is 20.2 Å². The maximum atomic E-state index is 13.9. The Morgan fingerprint density at radius 3 is 2.66 bits per heavy atom. The summed E-state index contributed by atoms with van der Waals surface area (Å²) in [4.78, 5) is 25.6. The van der Waals surface area contributed by atoms with Crippen molar-refractivity contribution in [3.63, 3.8) is 0 Å². The normalized spacial score (nSPS) is 16.6. The molecular formula is C21H21F2N3O3. The fourth-order valence-corrected chi connectivity index (χ4v) is 3.09. The summed E-state index contributed by atoms with van der Waals surface area (Å²) in [6, 6.07) is 12.3. The number of alkyl halides is 2. The van der Waals surface area contributed by atoms with E-state index in [0.29, 0.717) is 17.1 Å². The summed E-state index contributed by atoms with van der Waals surface area (Å²) in [5.74, 6) is -4.89. The van der Waals surface area contributed by atoms with E-state index in [1.165, 1.54) is 38.3 Å². The second kappa shape index (κ2) is 7.98. The number of amides is 2. The molecule has 0 bridgehead atoms. The Morgan fingerprint density at radius 2 is 1.97 bits per heavy atom.